The number of allylic oxidation sites excluding steroid dienone is 4. The molecule has 2 aliphatic rings. The molecule has 0 bridgehead atoms. The van der Waals surface area contributed by atoms with Gasteiger partial charge in [0.25, 0.3) is 0 Å². The van der Waals surface area contributed by atoms with Crippen molar-refractivity contribution < 1.29 is 51.7 Å². The summed E-state index contributed by atoms with van der Waals surface area (Å²) in [4.78, 5) is 50.4. The van der Waals surface area contributed by atoms with Crippen LogP contribution in [0.25, 0.3) is 0 Å². The van der Waals surface area contributed by atoms with Crippen molar-refractivity contribution in [2.45, 2.75) is 129 Å². The smallest absolute Gasteiger partial charge is 0.402 e. The predicted octanol–water partition coefficient (Wildman–Crippen LogP) is 8.05. The summed E-state index contributed by atoms with van der Waals surface area (Å²) in [5.74, 6) is -1.19. The van der Waals surface area contributed by atoms with Gasteiger partial charge in [0, 0.05) is 22.3 Å². The molecule has 0 atom stereocenters. The Morgan fingerprint density at radius 3 is 0.980 bits per heavy atom. The van der Waals surface area contributed by atoms with Crippen LogP contribution < -0.4 is 5.50 Å². The molecule has 0 heterocycles. The quantitative estimate of drug-likeness (QED) is 0.0467. The molecule has 0 aromatic carbocycles. The van der Waals surface area contributed by atoms with E-state index in [9.17, 15) is 23.7 Å². The number of methoxy groups -OCH3 is 4. The largest absolute Gasteiger partial charge is 0.489 e. The van der Waals surface area contributed by atoms with E-state index in [1.807, 2.05) is 0 Å². The van der Waals surface area contributed by atoms with Crippen molar-refractivity contribution in [3.05, 3.63) is 45.3 Å². The predicted molar refractivity (Wildman–Crippen MR) is 194 cm³/mol. The monoisotopic (exact) mass is 737 g/mol. The average molecular weight is 738 g/mol. The molecule has 0 aliphatic heterocycles. The Morgan fingerprint density at radius 2 is 0.686 bits per heavy atom. The lowest BCUT2D eigenvalue weighted by Gasteiger charge is -2.20. The summed E-state index contributed by atoms with van der Waals surface area (Å²) in [6, 6.07) is 0. The summed E-state index contributed by atoms with van der Waals surface area (Å²) >= 11 is 0. The molecule has 2 N–H and O–H groups in total. The Balaban J connectivity index is 1.43. The van der Waals surface area contributed by atoms with E-state index in [1.54, 1.807) is 13.8 Å². The van der Waals surface area contributed by atoms with Gasteiger partial charge in [-0.2, -0.15) is 0 Å². The first kappa shape index (κ1) is 44.1. The Hall–Kier alpha value is -3.05. The molecule has 0 unspecified atom stereocenters. The second-order valence-electron chi connectivity index (χ2n) is 13.0. The molecule has 0 saturated heterocycles. The van der Waals surface area contributed by atoms with E-state index in [2.05, 4.69) is 0 Å². The maximum Gasteiger partial charge on any atom is 0.402 e. The minimum Gasteiger partial charge on any atom is -0.489 e. The Labute approximate surface area is 304 Å². The van der Waals surface area contributed by atoms with Gasteiger partial charge in [0.1, 0.15) is 0 Å². The maximum atomic E-state index is 12.7. The SMILES string of the molecule is COC1=C(OC)C(=O)C(CCCCCCCCCCOP(N)(=O)OCCCCCCCCCCC2=C(C)C(=O)C(OC)=C(OC)C2=O)=C(C)C1=O. The van der Waals surface area contributed by atoms with Crippen molar-refractivity contribution >= 4 is 30.9 Å². The van der Waals surface area contributed by atoms with Crippen LogP contribution in [-0.2, 0) is 51.7 Å². The molecule has 2 aliphatic carbocycles. The third-order valence-corrected chi connectivity index (χ3v) is 10.5. The van der Waals surface area contributed by atoms with Crippen LogP contribution >= 0.6 is 7.75 Å². The molecule has 0 fully saturated rings. The van der Waals surface area contributed by atoms with Crippen molar-refractivity contribution in [3.8, 4) is 0 Å². The number of nitrogens with two attached hydrogens (primary N) is 1. The van der Waals surface area contributed by atoms with E-state index in [-0.39, 0.29) is 46.2 Å². The lowest BCUT2D eigenvalue weighted by molar-refractivity contribution is -0.121. The highest BCUT2D eigenvalue weighted by Crippen LogP contribution is 2.39. The number of hydrogen-bond donors (Lipinski definition) is 1. The summed E-state index contributed by atoms with van der Waals surface area (Å²) < 4.78 is 43.5. The zero-order valence-electron chi connectivity index (χ0n) is 31.7. The van der Waals surface area contributed by atoms with Crippen LogP contribution in [0.1, 0.15) is 129 Å². The second-order valence-corrected chi connectivity index (χ2v) is 14.6. The van der Waals surface area contributed by atoms with Crippen LogP contribution in [0.3, 0.4) is 0 Å². The molecule has 13 heteroatoms. The molecule has 0 radical (unpaired) electrons. The molecule has 51 heavy (non-hydrogen) atoms. The Morgan fingerprint density at radius 1 is 0.431 bits per heavy atom. The van der Waals surface area contributed by atoms with Gasteiger partial charge in [0.15, 0.2) is 0 Å². The lowest BCUT2D eigenvalue weighted by Crippen LogP contribution is -2.25. The number of ether oxygens (including phenoxy) is 4. The number of unbranched alkanes of at least 4 members (excludes halogenated alkanes) is 14. The topological polar surface area (TPSA) is 167 Å². The zero-order chi connectivity index (χ0) is 37.8. The number of hydrogen-bond acceptors (Lipinski definition) is 11. The number of carbonyl (C=O) groups excluding carboxylic acids is 4. The lowest BCUT2D eigenvalue weighted by atomic mass is 9.89. The van der Waals surface area contributed by atoms with Gasteiger partial charge >= 0.3 is 7.75 Å². The minimum absolute atomic E-state index is 0.0136. The minimum atomic E-state index is -3.55. The molecular weight excluding hydrogens is 677 g/mol. The molecule has 288 valence electrons. The fourth-order valence-electron chi connectivity index (χ4n) is 6.34. The van der Waals surface area contributed by atoms with Crippen LogP contribution in [0.4, 0.5) is 0 Å². The van der Waals surface area contributed by atoms with E-state index in [1.165, 1.54) is 28.4 Å². The fraction of sp³-hybridized carbons (Fsp3) is 0.684. The second kappa shape index (κ2) is 23.5. The van der Waals surface area contributed by atoms with Gasteiger partial charge in [-0.05, 0) is 52.4 Å². The Kier molecular flexibility index (Phi) is 20.3. The molecule has 0 amide bonds. The summed E-state index contributed by atoms with van der Waals surface area (Å²) in [5.41, 5.74) is 7.65. The van der Waals surface area contributed by atoms with Gasteiger partial charge in [0.05, 0.1) is 41.7 Å². The van der Waals surface area contributed by atoms with Gasteiger partial charge in [-0.1, -0.05) is 77.0 Å². The summed E-state index contributed by atoms with van der Waals surface area (Å²) in [7, 11) is 1.92. The van der Waals surface area contributed by atoms with Crippen molar-refractivity contribution in [1.82, 2.24) is 0 Å². The van der Waals surface area contributed by atoms with Crippen molar-refractivity contribution in [3.63, 3.8) is 0 Å². The van der Waals surface area contributed by atoms with E-state index in [0.29, 0.717) is 48.3 Å². The van der Waals surface area contributed by atoms with Gasteiger partial charge in [0.2, 0.25) is 46.2 Å². The third kappa shape index (κ3) is 13.8. The van der Waals surface area contributed by atoms with E-state index in [0.717, 1.165) is 103 Å². The summed E-state index contributed by atoms with van der Waals surface area (Å²) in [6.07, 6.45) is 16.6. The van der Waals surface area contributed by atoms with Gasteiger partial charge < -0.3 is 18.9 Å². The Bertz CT molecular complexity index is 1290. The third-order valence-electron chi connectivity index (χ3n) is 9.37. The van der Waals surface area contributed by atoms with Crippen LogP contribution in [0.15, 0.2) is 45.3 Å². The molecule has 0 saturated carbocycles. The highest BCUT2D eigenvalue weighted by molar-refractivity contribution is 7.51. The molecule has 2 rings (SSSR count). The van der Waals surface area contributed by atoms with Gasteiger partial charge in [-0.25, -0.2) is 10.1 Å². The summed E-state index contributed by atoms with van der Waals surface area (Å²) in [5, 5.41) is 0. The molecular formula is C38H60NO11P. The van der Waals surface area contributed by atoms with Crippen LogP contribution in [0.5, 0.6) is 0 Å². The number of rotatable bonds is 28. The first-order chi connectivity index (χ1) is 24.4. The average Bonchev–Trinajstić information content (AvgIpc) is 3.11. The highest BCUT2D eigenvalue weighted by atomic mass is 31.2. The maximum absolute atomic E-state index is 12.7. The fourth-order valence-corrected chi connectivity index (χ4v) is 7.18. The van der Waals surface area contributed by atoms with Crippen LogP contribution in [0, 0.1) is 0 Å². The van der Waals surface area contributed by atoms with E-state index >= 15 is 0 Å². The molecule has 12 nitrogen and oxygen atoms in total. The van der Waals surface area contributed by atoms with Gasteiger partial charge in [-0.3, -0.25) is 28.2 Å². The van der Waals surface area contributed by atoms with Crippen molar-refractivity contribution in [1.29, 1.82) is 0 Å². The number of carbonyl (C=O) groups is 4. The normalized spacial score (nSPS) is 15.8. The molecule has 0 aromatic rings. The van der Waals surface area contributed by atoms with Gasteiger partial charge in [-0.15, -0.1) is 0 Å². The first-order valence-electron chi connectivity index (χ1n) is 18.4. The van der Waals surface area contributed by atoms with Crippen LogP contribution in [0.2, 0.25) is 0 Å². The van der Waals surface area contributed by atoms with E-state index < -0.39 is 7.75 Å². The first-order valence-corrected chi connectivity index (χ1v) is 20.0. The van der Waals surface area contributed by atoms with E-state index in [4.69, 9.17) is 33.5 Å². The van der Waals surface area contributed by atoms with Crippen molar-refractivity contribution in [2.75, 3.05) is 41.7 Å². The zero-order valence-corrected chi connectivity index (χ0v) is 32.6. The standard InChI is InChI=1S/C38H60NO11P/c1-27-29(33(42)37(47-5)35(45-3)31(27)40)23-19-15-11-7-9-13-17-21-25-49-51(39,44)50-26-22-18-14-10-8-12-16-20-24-30-28(2)32(41)36(46-4)38(48-6)34(30)43/h7-26H2,1-6H3,(H2,39,44). The molecule has 0 aromatic heterocycles. The van der Waals surface area contributed by atoms with Crippen LogP contribution in [-0.4, -0.2) is 64.8 Å². The summed E-state index contributed by atoms with van der Waals surface area (Å²) in [6.45, 7) is 3.94. The molecule has 0 spiro atoms. The number of Topliss-reactive ketones (excluding diaryl/α,β-unsaturated/α-hetero) is 4. The van der Waals surface area contributed by atoms with Crippen molar-refractivity contribution in [2.24, 2.45) is 5.50 Å². The number of ketones is 4. The highest BCUT2D eigenvalue weighted by Gasteiger charge is 2.35.